The number of carbonyl (C=O) groups excluding carboxylic acids is 1. The molecule has 3 fully saturated rings. The number of benzene rings is 2. The number of hydrogen-bond donors (Lipinski definition) is 1. The van der Waals surface area contributed by atoms with E-state index in [1.54, 1.807) is 0 Å². The van der Waals surface area contributed by atoms with E-state index in [1.807, 2.05) is 68.4 Å². The van der Waals surface area contributed by atoms with E-state index >= 15 is 0 Å². The van der Waals surface area contributed by atoms with Gasteiger partial charge in [0.1, 0.15) is 6.10 Å². The van der Waals surface area contributed by atoms with Gasteiger partial charge in [0.15, 0.2) is 11.4 Å². The molecule has 2 aromatic carbocycles. The number of ether oxygens (including phenoxy) is 4. The molecule has 0 unspecified atom stereocenters. The lowest BCUT2D eigenvalue weighted by Crippen LogP contribution is -2.60. The van der Waals surface area contributed by atoms with Crippen LogP contribution in [0.1, 0.15) is 50.7 Å². The lowest BCUT2D eigenvalue weighted by molar-refractivity contribution is -0.183. The molecular formula is C28H34ClNO5. The molecule has 6 nitrogen and oxygen atoms in total. The Balaban J connectivity index is 1.39. The fraction of sp³-hybridized carbons (Fsp3) is 0.536. The summed E-state index contributed by atoms with van der Waals surface area (Å²) in [4.78, 5) is 13.7. The van der Waals surface area contributed by atoms with Crippen LogP contribution in [0, 0.1) is 5.92 Å². The van der Waals surface area contributed by atoms with Crippen LogP contribution in [0.15, 0.2) is 54.6 Å². The quantitative estimate of drug-likeness (QED) is 0.524. The Labute approximate surface area is 212 Å². The minimum atomic E-state index is -1.07. The van der Waals surface area contributed by atoms with Gasteiger partial charge >= 0.3 is 0 Å². The van der Waals surface area contributed by atoms with E-state index in [0.29, 0.717) is 43.5 Å². The van der Waals surface area contributed by atoms with Crippen LogP contribution < -0.4 is 5.32 Å². The van der Waals surface area contributed by atoms with Crippen molar-refractivity contribution in [1.82, 2.24) is 5.32 Å². The molecular weight excluding hydrogens is 466 g/mol. The normalized spacial score (nSPS) is 29.5. The summed E-state index contributed by atoms with van der Waals surface area (Å²) in [5.41, 5.74) is 0.908. The van der Waals surface area contributed by atoms with Gasteiger partial charge in [0.2, 0.25) is 0 Å². The number of hydrogen-bond acceptors (Lipinski definition) is 5. The van der Waals surface area contributed by atoms with Gasteiger partial charge in [-0.3, -0.25) is 4.79 Å². The number of halogens is 1. The summed E-state index contributed by atoms with van der Waals surface area (Å²) in [6.45, 7) is 5.18. The van der Waals surface area contributed by atoms with E-state index in [1.165, 1.54) is 12.8 Å². The fourth-order valence-electron chi connectivity index (χ4n) is 5.05. The van der Waals surface area contributed by atoms with Gasteiger partial charge in [0, 0.05) is 24.4 Å². The maximum atomic E-state index is 13.7. The van der Waals surface area contributed by atoms with Gasteiger partial charge in [0.05, 0.1) is 25.4 Å². The molecule has 2 saturated carbocycles. The van der Waals surface area contributed by atoms with Crippen molar-refractivity contribution in [2.24, 2.45) is 5.92 Å². The van der Waals surface area contributed by atoms with Gasteiger partial charge in [-0.15, -0.1) is 0 Å². The van der Waals surface area contributed by atoms with E-state index in [2.05, 4.69) is 5.32 Å². The van der Waals surface area contributed by atoms with E-state index in [-0.39, 0.29) is 24.2 Å². The molecule has 0 aromatic heterocycles. The summed E-state index contributed by atoms with van der Waals surface area (Å²) < 4.78 is 25.4. The van der Waals surface area contributed by atoms with Crippen LogP contribution in [0.2, 0.25) is 5.02 Å². The largest absolute Gasteiger partial charge is 0.371 e. The van der Waals surface area contributed by atoms with E-state index < -0.39 is 11.4 Å². The highest BCUT2D eigenvalue weighted by Crippen LogP contribution is 2.44. The predicted molar refractivity (Wildman–Crippen MR) is 133 cm³/mol. The second-order valence-electron chi connectivity index (χ2n) is 10.4. The van der Waals surface area contributed by atoms with Crippen molar-refractivity contribution in [3.63, 3.8) is 0 Å². The van der Waals surface area contributed by atoms with Crippen molar-refractivity contribution >= 4 is 17.5 Å². The Kier molecular flexibility index (Phi) is 7.20. The van der Waals surface area contributed by atoms with Gasteiger partial charge in [-0.25, -0.2) is 0 Å². The number of fused-ring (bicyclic) bond motifs is 1. The Bertz CT molecular complexity index is 1030. The molecule has 188 valence electrons. The molecule has 4 atom stereocenters. The zero-order valence-corrected chi connectivity index (χ0v) is 21.1. The summed E-state index contributed by atoms with van der Waals surface area (Å²) in [6, 6.07) is 17.5. The zero-order valence-electron chi connectivity index (χ0n) is 20.4. The lowest BCUT2D eigenvalue weighted by Gasteiger charge is -2.43. The molecule has 3 aliphatic rings. The Morgan fingerprint density at radius 2 is 1.80 bits per heavy atom. The molecule has 0 bridgehead atoms. The molecule has 1 N–H and O–H groups in total. The molecule has 1 heterocycles. The fourth-order valence-corrected chi connectivity index (χ4v) is 5.27. The van der Waals surface area contributed by atoms with Crippen molar-refractivity contribution in [2.75, 3.05) is 6.54 Å². The highest BCUT2D eigenvalue weighted by Gasteiger charge is 2.58. The summed E-state index contributed by atoms with van der Waals surface area (Å²) in [7, 11) is 0. The molecule has 0 radical (unpaired) electrons. The summed E-state index contributed by atoms with van der Waals surface area (Å²) in [5, 5.41) is 3.82. The molecule has 5 rings (SSSR count). The Morgan fingerprint density at radius 3 is 2.54 bits per heavy atom. The van der Waals surface area contributed by atoms with Crippen LogP contribution in [0.3, 0.4) is 0 Å². The van der Waals surface area contributed by atoms with Gasteiger partial charge in [-0.2, -0.15) is 0 Å². The van der Waals surface area contributed by atoms with Crippen molar-refractivity contribution < 1.29 is 23.7 Å². The molecule has 0 spiro atoms. The van der Waals surface area contributed by atoms with Crippen LogP contribution in [0.25, 0.3) is 0 Å². The summed E-state index contributed by atoms with van der Waals surface area (Å²) in [6.07, 6.45) is 2.16. The minimum absolute atomic E-state index is 0.0940. The average Bonchev–Trinajstić information content (AvgIpc) is 3.61. The second-order valence-corrected chi connectivity index (χ2v) is 10.9. The monoisotopic (exact) mass is 499 g/mol. The number of nitrogens with one attached hydrogen (secondary N) is 1. The Morgan fingerprint density at radius 1 is 1.03 bits per heavy atom. The van der Waals surface area contributed by atoms with E-state index in [4.69, 9.17) is 30.5 Å². The van der Waals surface area contributed by atoms with Gasteiger partial charge in [-0.1, -0.05) is 54.1 Å². The summed E-state index contributed by atoms with van der Waals surface area (Å²) >= 11 is 6.17. The highest BCUT2D eigenvalue weighted by atomic mass is 35.5. The lowest BCUT2D eigenvalue weighted by atomic mass is 9.78. The molecule has 35 heavy (non-hydrogen) atoms. The predicted octanol–water partition coefficient (Wildman–Crippen LogP) is 5.02. The molecule has 2 aromatic rings. The first-order valence-corrected chi connectivity index (χ1v) is 12.9. The number of rotatable bonds is 9. The third-order valence-electron chi connectivity index (χ3n) is 7.02. The first-order valence-electron chi connectivity index (χ1n) is 12.5. The topological polar surface area (TPSA) is 66.0 Å². The first-order chi connectivity index (χ1) is 16.8. The van der Waals surface area contributed by atoms with Crippen LogP contribution in [0.4, 0.5) is 0 Å². The van der Waals surface area contributed by atoms with Gasteiger partial charge < -0.3 is 24.3 Å². The molecule has 1 aliphatic heterocycles. The van der Waals surface area contributed by atoms with Gasteiger partial charge in [0.25, 0.3) is 5.91 Å². The summed E-state index contributed by atoms with van der Waals surface area (Å²) in [5.74, 6) is -0.280. The standard InChI is InChI=1S/C28H34ClNO5/c1-27(2)34-24-15-28(26(31)30-16-19-11-12-19,33-18-20-7-4-3-5-8-20)14-23(25(24)35-27)32-17-21-9-6-10-22(29)13-21/h3-10,13,19,23-25H,11-12,14-18H2,1-2H3,(H,30,31)/t23-,24+,25-,28+/m0/s1. The Hall–Kier alpha value is -1.96. The van der Waals surface area contributed by atoms with Crippen molar-refractivity contribution in [3.05, 3.63) is 70.7 Å². The van der Waals surface area contributed by atoms with Crippen molar-refractivity contribution in [3.8, 4) is 0 Å². The van der Waals surface area contributed by atoms with Crippen molar-refractivity contribution in [2.45, 2.75) is 82.4 Å². The van der Waals surface area contributed by atoms with Crippen LogP contribution in [-0.4, -0.2) is 42.2 Å². The SMILES string of the molecule is CC1(C)O[C@H]2[C@@H](OCc3cccc(Cl)c3)C[C@](OCc3ccccc3)(C(=O)NCC3CC3)C[C@H]2O1. The smallest absolute Gasteiger partial charge is 0.252 e. The number of carbonyl (C=O) groups is 1. The molecule has 1 saturated heterocycles. The van der Waals surface area contributed by atoms with E-state index in [0.717, 1.165) is 11.1 Å². The average molecular weight is 500 g/mol. The zero-order chi connectivity index (χ0) is 24.5. The first kappa shape index (κ1) is 24.7. The van der Waals surface area contributed by atoms with Gasteiger partial charge in [-0.05, 0) is 55.9 Å². The number of amides is 1. The third kappa shape index (κ3) is 6.07. The van der Waals surface area contributed by atoms with Crippen molar-refractivity contribution in [1.29, 1.82) is 0 Å². The van der Waals surface area contributed by atoms with E-state index in [9.17, 15) is 4.79 Å². The van der Waals surface area contributed by atoms with Crippen LogP contribution in [0.5, 0.6) is 0 Å². The molecule has 2 aliphatic carbocycles. The molecule has 1 amide bonds. The minimum Gasteiger partial charge on any atom is -0.371 e. The second kappa shape index (κ2) is 10.2. The maximum Gasteiger partial charge on any atom is 0.252 e. The maximum absolute atomic E-state index is 13.7. The molecule has 7 heteroatoms. The highest BCUT2D eigenvalue weighted by molar-refractivity contribution is 6.30. The van der Waals surface area contributed by atoms with Crippen LogP contribution in [-0.2, 0) is 37.0 Å². The third-order valence-corrected chi connectivity index (χ3v) is 7.26. The van der Waals surface area contributed by atoms with Crippen LogP contribution >= 0.6 is 11.6 Å².